The highest BCUT2D eigenvalue weighted by atomic mass is 19.1. The molecule has 0 saturated carbocycles. The second-order valence-corrected chi connectivity index (χ2v) is 5.37. The van der Waals surface area contributed by atoms with Crippen molar-refractivity contribution in [3.63, 3.8) is 0 Å². The maximum atomic E-state index is 12.9. The Morgan fingerprint density at radius 1 is 1.22 bits per heavy atom. The van der Waals surface area contributed by atoms with E-state index in [0.29, 0.717) is 36.0 Å². The molecule has 5 nitrogen and oxygen atoms in total. The van der Waals surface area contributed by atoms with Gasteiger partial charge in [0.15, 0.2) is 11.5 Å². The average molecular weight is 366 g/mol. The average Bonchev–Trinajstić information content (AvgIpc) is 2.67. The summed E-state index contributed by atoms with van der Waals surface area (Å²) in [5, 5.41) is 11.9. The molecule has 0 unspecified atom stereocenters. The molecule has 0 aliphatic carbocycles. The standard InChI is InChI=1S/C21H19FN2O3/c1-3-11-27-19-10-5-15(13-20(19)26-4-2)12-16(14-23)21(25)24-18-8-6-17(22)7-9-18/h3,5-10,12-13H,1,4,11H2,2H3,(H,24,25)/b16-12-. The molecule has 2 aromatic carbocycles. The van der Waals surface area contributed by atoms with E-state index in [2.05, 4.69) is 11.9 Å². The van der Waals surface area contributed by atoms with Crippen LogP contribution < -0.4 is 14.8 Å². The monoisotopic (exact) mass is 366 g/mol. The number of amides is 1. The fourth-order valence-corrected chi connectivity index (χ4v) is 2.20. The lowest BCUT2D eigenvalue weighted by molar-refractivity contribution is -0.112. The van der Waals surface area contributed by atoms with Crippen LogP contribution in [0, 0.1) is 17.1 Å². The lowest BCUT2D eigenvalue weighted by Crippen LogP contribution is -2.13. The van der Waals surface area contributed by atoms with Gasteiger partial charge in [-0.15, -0.1) is 0 Å². The van der Waals surface area contributed by atoms with Crippen molar-refractivity contribution in [3.8, 4) is 17.6 Å². The van der Waals surface area contributed by atoms with Crippen molar-refractivity contribution in [2.24, 2.45) is 0 Å². The number of hydrogen-bond donors (Lipinski definition) is 1. The van der Waals surface area contributed by atoms with E-state index in [1.165, 1.54) is 30.3 Å². The Hall–Kier alpha value is -3.59. The van der Waals surface area contributed by atoms with E-state index in [0.717, 1.165) is 0 Å². The normalized spacial score (nSPS) is 10.6. The van der Waals surface area contributed by atoms with Gasteiger partial charge < -0.3 is 14.8 Å². The number of carbonyl (C=O) groups excluding carboxylic acids is 1. The van der Waals surface area contributed by atoms with Gasteiger partial charge in [-0.25, -0.2) is 4.39 Å². The Morgan fingerprint density at radius 2 is 1.96 bits per heavy atom. The molecule has 0 heterocycles. The van der Waals surface area contributed by atoms with Crippen molar-refractivity contribution >= 4 is 17.7 Å². The number of anilines is 1. The number of benzene rings is 2. The van der Waals surface area contributed by atoms with Crippen LogP contribution in [0.2, 0.25) is 0 Å². The van der Waals surface area contributed by atoms with Gasteiger partial charge in [-0.1, -0.05) is 18.7 Å². The zero-order valence-corrected chi connectivity index (χ0v) is 14.9. The molecule has 2 rings (SSSR count). The highest BCUT2D eigenvalue weighted by molar-refractivity contribution is 6.09. The zero-order valence-electron chi connectivity index (χ0n) is 14.9. The molecule has 2 aromatic rings. The van der Waals surface area contributed by atoms with E-state index in [1.54, 1.807) is 24.3 Å². The molecule has 0 spiro atoms. The smallest absolute Gasteiger partial charge is 0.266 e. The highest BCUT2D eigenvalue weighted by Gasteiger charge is 2.11. The van der Waals surface area contributed by atoms with Crippen LogP contribution in [0.3, 0.4) is 0 Å². The van der Waals surface area contributed by atoms with E-state index in [9.17, 15) is 14.4 Å². The fourth-order valence-electron chi connectivity index (χ4n) is 2.20. The Bertz CT molecular complexity index is 883. The van der Waals surface area contributed by atoms with Crippen LogP contribution >= 0.6 is 0 Å². The van der Waals surface area contributed by atoms with Crippen LogP contribution in [0.1, 0.15) is 12.5 Å². The predicted octanol–water partition coefficient (Wildman–Crippen LogP) is 4.33. The summed E-state index contributed by atoms with van der Waals surface area (Å²) in [4.78, 5) is 12.3. The van der Waals surface area contributed by atoms with Crippen LogP contribution in [0.25, 0.3) is 6.08 Å². The first-order chi connectivity index (χ1) is 13.1. The van der Waals surface area contributed by atoms with Crippen molar-refractivity contribution in [1.29, 1.82) is 5.26 Å². The summed E-state index contributed by atoms with van der Waals surface area (Å²) in [6, 6.07) is 12.3. The minimum Gasteiger partial charge on any atom is -0.490 e. The van der Waals surface area contributed by atoms with Crippen molar-refractivity contribution in [2.75, 3.05) is 18.5 Å². The molecule has 0 aliphatic heterocycles. The number of halogens is 1. The lowest BCUT2D eigenvalue weighted by atomic mass is 10.1. The zero-order chi connectivity index (χ0) is 19.6. The first kappa shape index (κ1) is 19.7. The van der Waals surface area contributed by atoms with Gasteiger partial charge in [-0.05, 0) is 55.0 Å². The lowest BCUT2D eigenvalue weighted by Gasteiger charge is -2.11. The van der Waals surface area contributed by atoms with Crippen LogP contribution in [0.4, 0.5) is 10.1 Å². The van der Waals surface area contributed by atoms with Gasteiger partial charge in [0.05, 0.1) is 6.61 Å². The molecule has 0 aromatic heterocycles. The number of rotatable bonds is 8. The summed E-state index contributed by atoms with van der Waals surface area (Å²) in [6.45, 7) is 6.22. The summed E-state index contributed by atoms with van der Waals surface area (Å²) in [5.41, 5.74) is 0.905. The van der Waals surface area contributed by atoms with Gasteiger partial charge in [0, 0.05) is 5.69 Å². The number of nitrogens with zero attached hydrogens (tertiary/aromatic N) is 1. The Kier molecular flexibility index (Phi) is 7.15. The maximum Gasteiger partial charge on any atom is 0.266 e. The number of ether oxygens (including phenoxy) is 2. The third kappa shape index (κ3) is 5.72. The van der Waals surface area contributed by atoms with E-state index in [4.69, 9.17) is 9.47 Å². The first-order valence-corrected chi connectivity index (χ1v) is 8.26. The number of nitrogens with one attached hydrogen (secondary N) is 1. The Morgan fingerprint density at radius 3 is 2.59 bits per heavy atom. The summed E-state index contributed by atoms with van der Waals surface area (Å²) in [7, 11) is 0. The molecule has 0 fully saturated rings. The summed E-state index contributed by atoms with van der Waals surface area (Å²) < 4.78 is 24.0. The number of carbonyl (C=O) groups is 1. The van der Waals surface area contributed by atoms with Crippen LogP contribution in [-0.4, -0.2) is 19.1 Å². The molecular weight excluding hydrogens is 347 g/mol. The SMILES string of the molecule is C=CCOc1ccc(/C=C(/C#N)C(=O)Nc2ccc(F)cc2)cc1OCC. The molecule has 0 aliphatic rings. The quantitative estimate of drug-likeness (QED) is 0.429. The summed E-state index contributed by atoms with van der Waals surface area (Å²) >= 11 is 0. The molecule has 27 heavy (non-hydrogen) atoms. The van der Waals surface area contributed by atoms with Gasteiger partial charge in [0.2, 0.25) is 0 Å². The highest BCUT2D eigenvalue weighted by Crippen LogP contribution is 2.29. The minimum absolute atomic E-state index is 0.0958. The van der Waals surface area contributed by atoms with Crippen molar-refractivity contribution < 1.29 is 18.7 Å². The number of hydrogen-bond acceptors (Lipinski definition) is 4. The molecule has 0 radical (unpaired) electrons. The van der Waals surface area contributed by atoms with Crippen LogP contribution in [0.15, 0.2) is 60.7 Å². The molecule has 6 heteroatoms. The van der Waals surface area contributed by atoms with E-state index >= 15 is 0 Å². The fraction of sp³-hybridized carbons (Fsp3) is 0.143. The second-order valence-electron chi connectivity index (χ2n) is 5.37. The Balaban J connectivity index is 2.23. The molecular formula is C21H19FN2O3. The van der Waals surface area contributed by atoms with Crippen molar-refractivity contribution in [1.82, 2.24) is 0 Å². The molecule has 0 bridgehead atoms. The molecule has 0 saturated heterocycles. The van der Waals surface area contributed by atoms with Crippen LogP contribution in [0.5, 0.6) is 11.5 Å². The number of nitriles is 1. The van der Waals surface area contributed by atoms with Gasteiger partial charge in [0.25, 0.3) is 5.91 Å². The second kappa shape index (κ2) is 9.78. The van der Waals surface area contributed by atoms with E-state index < -0.39 is 11.7 Å². The topological polar surface area (TPSA) is 71.3 Å². The largest absolute Gasteiger partial charge is 0.490 e. The van der Waals surface area contributed by atoms with Gasteiger partial charge in [-0.3, -0.25) is 4.79 Å². The maximum absolute atomic E-state index is 12.9. The Labute approximate surface area is 157 Å². The van der Waals surface area contributed by atoms with E-state index in [1.807, 2.05) is 13.0 Å². The van der Waals surface area contributed by atoms with Crippen LogP contribution in [-0.2, 0) is 4.79 Å². The first-order valence-electron chi connectivity index (χ1n) is 8.26. The van der Waals surface area contributed by atoms with Gasteiger partial charge in [-0.2, -0.15) is 5.26 Å². The van der Waals surface area contributed by atoms with Gasteiger partial charge in [0.1, 0.15) is 24.1 Å². The third-order valence-corrected chi connectivity index (χ3v) is 3.40. The third-order valence-electron chi connectivity index (χ3n) is 3.40. The van der Waals surface area contributed by atoms with Gasteiger partial charge >= 0.3 is 0 Å². The molecule has 1 amide bonds. The summed E-state index contributed by atoms with van der Waals surface area (Å²) in [5.74, 6) is 0.0489. The van der Waals surface area contributed by atoms with E-state index in [-0.39, 0.29) is 5.57 Å². The molecule has 1 N–H and O–H groups in total. The molecule has 0 atom stereocenters. The van der Waals surface area contributed by atoms with Crippen molar-refractivity contribution in [2.45, 2.75) is 6.92 Å². The predicted molar refractivity (Wildman–Crippen MR) is 102 cm³/mol. The van der Waals surface area contributed by atoms with Crippen molar-refractivity contribution in [3.05, 3.63) is 72.1 Å². The molecule has 138 valence electrons. The minimum atomic E-state index is -0.589. The summed E-state index contributed by atoms with van der Waals surface area (Å²) in [6.07, 6.45) is 3.07.